The number of nitrogens with one attached hydrogen (secondary N) is 1. The minimum absolute atomic E-state index is 0.0477. The zero-order valence-electron chi connectivity index (χ0n) is 13.7. The number of carboxylic acids is 1. The molecule has 128 valence electrons. The van der Waals surface area contributed by atoms with E-state index in [1.54, 1.807) is 6.20 Å². The van der Waals surface area contributed by atoms with Crippen LogP contribution in [0.2, 0.25) is 0 Å². The zero-order valence-corrected chi connectivity index (χ0v) is 14.6. The average Bonchev–Trinajstić information content (AvgIpc) is 2.56. The quantitative estimate of drug-likeness (QED) is 0.519. The van der Waals surface area contributed by atoms with Crippen molar-refractivity contribution in [3.05, 3.63) is 11.8 Å². The van der Waals surface area contributed by atoms with Crippen molar-refractivity contribution >= 4 is 23.6 Å². The van der Waals surface area contributed by atoms with Crippen molar-refractivity contribution in [1.82, 2.24) is 10.2 Å². The zero-order chi connectivity index (χ0) is 17.2. The molecule has 0 bridgehead atoms. The first-order valence-corrected chi connectivity index (χ1v) is 9.25. The molecule has 0 aromatic carbocycles. The number of nitriles is 1. The van der Waals surface area contributed by atoms with Gasteiger partial charge in [-0.3, -0.25) is 4.79 Å². The SMILES string of the molecule is CSCCC(NC(=O)/C(C#N)=C\N(C)C1CCCCC1)C(=O)O. The van der Waals surface area contributed by atoms with Gasteiger partial charge in [0, 0.05) is 19.3 Å². The molecule has 1 rings (SSSR count). The van der Waals surface area contributed by atoms with Crippen molar-refractivity contribution in [2.45, 2.75) is 50.6 Å². The van der Waals surface area contributed by atoms with Gasteiger partial charge in [0.15, 0.2) is 0 Å². The fourth-order valence-corrected chi connectivity index (χ4v) is 3.14. The van der Waals surface area contributed by atoms with E-state index in [0.29, 0.717) is 18.2 Å². The summed E-state index contributed by atoms with van der Waals surface area (Å²) in [7, 11) is 1.86. The van der Waals surface area contributed by atoms with E-state index in [0.717, 1.165) is 25.7 Å². The van der Waals surface area contributed by atoms with E-state index in [1.807, 2.05) is 24.3 Å². The van der Waals surface area contributed by atoms with E-state index in [1.165, 1.54) is 18.2 Å². The van der Waals surface area contributed by atoms with Crippen LogP contribution in [0.4, 0.5) is 0 Å². The fourth-order valence-electron chi connectivity index (χ4n) is 2.66. The van der Waals surface area contributed by atoms with Gasteiger partial charge in [-0.2, -0.15) is 17.0 Å². The molecule has 1 fully saturated rings. The Morgan fingerprint density at radius 3 is 2.61 bits per heavy atom. The molecule has 1 aliphatic rings. The monoisotopic (exact) mass is 339 g/mol. The lowest BCUT2D eigenvalue weighted by molar-refractivity contribution is -0.141. The average molecular weight is 339 g/mol. The third-order valence-corrected chi connectivity index (χ3v) is 4.71. The van der Waals surface area contributed by atoms with E-state index >= 15 is 0 Å². The standard InChI is InChI=1S/C16H25N3O3S/c1-19(13-6-4-3-5-7-13)11-12(10-17)15(20)18-14(16(21)22)8-9-23-2/h11,13-14H,3-9H2,1-2H3,(H,18,20)(H,21,22)/b12-11-. The summed E-state index contributed by atoms with van der Waals surface area (Å²) in [4.78, 5) is 25.3. The van der Waals surface area contributed by atoms with Gasteiger partial charge >= 0.3 is 5.97 Å². The maximum absolute atomic E-state index is 12.2. The molecule has 1 aliphatic carbocycles. The van der Waals surface area contributed by atoms with Crippen molar-refractivity contribution < 1.29 is 14.7 Å². The van der Waals surface area contributed by atoms with Gasteiger partial charge in [0.1, 0.15) is 17.7 Å². The van der Waals surface area contributed by atoms with Gasteiger partial charge in [0.25, 0.3) is 5.91 Å². The molecule has 23 heavy (non-hydrogen) atoms. The molecular formula is C16H25N3O3S. The first-order valence-electron chi connectivity index (χ1n) is 7.86. The molecule has 0 spiro atoms. The second-order valence-corrected chi connectivity index (χ2v) is 6.74. The van der Waals surface area contributed by atoms with Crippen LogP contribution in [0, 0.1) is 11.3 Å². The van der Waals surface area contributed by atoms with Crippen LogP contribution >= 0.6 is 11.8 Å². The number of rotatable bonds is 8. The summed E-state index contributed by atoms with van der Waals surface area (Å²) < 4.78 is 0. The number of hydrogen-bond donors (Lipinski definition) is 2. The fraction of sp³-hybridized carbons (Fsp3) is 0.688. The van der Waals surface area contributed by atoms with Crippen molar-refractivity contribution in [3.8, 4) is 6.07 Å². The van der Waals surface area contributed by atoms with Gasteiger partial charge in [0.2, 0.25) is 0 Å². The predicted molar refractivity (Wildman–Crippen MR) is 90.9 cm³/mol. The van der Waals surface area contributed by atoms with Crippen LogP contribution in [0.3, 0.4) is 0 Å². The van der Waals surface area contributed by atoms with Gasteiger partial charge < -0.3 is 15.3 Å². The molecular weight excluding hydrogens is 314 g/mol. The number of carboxylic acid groups (broad SMARTS) is 1. The number of amides is 1. The topological polar surface area (TPSA) is 93.4 Å². The van der Waals surface area contributed by atoms with Crippen molar-refractivity contribution in [3.63, 3.8) is 0 Å². The first-order chi connectivity index (χ1) is 11.0. The van der Waals surface area contributed by atoms with Gasteiger partial charge in [-0.25, -0.2) is 4.79 Å². The van der Waals surface area contributed by atoms with Crippen molar-refractivity contribution in [1.29, 1.82) is 5.26 Å². The van der Waals surface area contributed by atoms with Gasteiger partial charge in [-0.1, -0.05) is 19.3 Å². The Hall–Kier alpha value is -1.68. The third-order valence-electron chi connectivity index (χ3n) is 4.06. The molecule has 0 aromatic heterocycles. The maximum Gasteiger partial charge on any atom is 0.326 e. The molecule has 0 radical (unpaired) electrons. The molecule has 0 heterocycles. The highest BCUT2D eigenvalue weighted by atomic mass is 32.2. The molecule has 0 aromatic rings. The van der Waals surface area contributed by atoms with Crippen LogP contribution in [-0.2, 0) is 9.59 Å². The van der Waals surface area contributed by atoms with E-state index in [2.05, 4.69) is 5.32 Å². The molecule has 1 saturated carbocycles. The number of thioether (sulfide) groups is 1. The highest BCUT2D eigenvalue weighted by Gasteiger charge is 2.23. The largest absolute Gasteiger partial charge is 0.480 e. The van der Waals surface area contributed by atoms with Gasteiger partial charge in [-0.05, 0) is 31.3 Å². The number of carbonyl (C=O) groups excluding carboxylic acids is 1. The highest BCUT2D eigenvalue weighted by molar-refractivity contribution is 7.98. The maximum atomic E-state index is 12.2. The summed E-state index contributed by atoms with van der Waals surface area (Å²) in [5, 5.41) is 20.8. The molecule has 0 saturated heterocycles. The molecule has 0 aliphatic heterocycles. The minimum atomic E-state index is -1.08. The van der Waals surface area contributed by atoms with Gasteiger partial charge in [-0.15, -0.1) is 0 Å². The van der Waals surface area contributed by atoms with Crippen LogP contribution in [0.15, 0.2) is 11.8 Å². The van der Waals surface area contributed by atoms with Crippen molar-refractivity contribution in [2.75, 3.05) is 19.1 Å². The molecule has 7 heteroatoms. The van der Waals surface area contributed by atoms with Gasteiger partial charge in [0.05, 0.1) is 0 Å². The number of nitrogens with zero attached hydrogens (tertiary/aromatic N) is 2. The number of hydrogen-bond acceptors (Lipinski definition) is 5. The van der Waals surface area contributed by atoms with E-state index in [-0.39, 0.29) is 5.57 Å². The Labute approximate surface area is 141 Å². The lowest BCUT2D eigenvalue weighted by Gasteiger charge is -2.30. The van der Waals surface area contributed by atoms with E-state index < -0.39 is 17.9 Å². The van der Waals surface area contributed by atoms with Crippen LogP contribution in [-0.4, -0.2) is 53.0 Å². The first kappa shape index (κ1) is 19.4. The lowest BCUT2D eigenvalue weighted by atomic mass is 9.94. The molecule has 1 amide bonds. The summed E-state index contributed by atoms with van der Waals surface area (Å²) in [6, 6.07) is 1.25. The lowest BCUT2D eigenvalue weighted by Crippen LogP contribution is -2.42. The van der Waals surface area contributed by atoms with E-state index in [4.69, 9.17) is 5.11 Å². The highest BCUT2D eigenvalue weighted by Crippen LogP contribution is 2.22. The van der Waals surface area contributed by atoms with Crippen LogP contribution in [0.5, 0.6) is 0 Å². The van der Waals surface area contributed by atoms with E-state index in [9.17, 15) is 14.9 Å². The van der Waals surface area contributed by atoms with Crippen LogP contribution < -0.4 is 5.32 Å². The smallest absolute Gasteiger partial charge is 0.326 e. The second kappa shape index (κ2) is 10.2. The summed E-state index contributed by atoms with van der Waals surface area (Å²) in [6.07, 6.45) is 9.41. The Kier molecular flexibility index (Phi) is 8.56. The van der Waals surface area contributed by atoms with Crippen molar-refractivity contribution in [2.24, 2.45) is 0 Å². The van der Waals surface area contributed by atoms with Crippen LogP contribution in [0.25, 0.3) is 0 Å². The normalized spacial score (nSPS) is 17.2. The molecule has 2 N–H and O–H groups in total. The summed E-state index contributed by atoms with van der Waals surface area (Å²) in [6.45, 7) is 0. The predicted octanol–water partition coefficient (Wildman–Crippen LogP) is 1.98. The summed E-state index contributed by atoms with van der Waals surface area (Å²) >= 11 is 1.52. The Bertz CT molecular complexity index is 481. The Morgan fingerprint density at radius 2 is 2.09 bits per heavy atom. The number of carbonyl (C=O) groups is 2. The molecule has 1 atom stereocenters. The summed E-state index contributed by atoms with van der Waals surface area (Å²) in [5.41, 5.74) is -0.0477. The Balaban J connectivity index is 2.70. The summed E-state index contributed by atoms with van der Waals surface area (Å²) in [5.74, 6) is -1.07. The molecule has 6 nitrogen and oxygen atoms in total. The second-order valence-electron chi connectivity index (χ2n) is 5.76. The Morgan fingerprint density at radius 1 is 1.43 bits per heavy atom. The minimum Gasteiger partial charge on any atom is -0.480 e. The number of aliphatic carboxylic acids is 1. The third kappa shape index (κ3) is 6.53. The van der Waals surface area contributed by atoms with Crippen LogP contribution in [0.1, 0.15) is 38.5 Å². The molecule has 1 unspecified atom stereocenters.